The van der Waals surface area contributed by atoms with E-state index in [0.29, 0.717) is 22.5 Å². The summed E-state index contributed by atoms with van der Waals surface area (Å²) in [6.07, 6.45) is 0. The largest absolute Gasteiger partial charge is 0.497 e. The molecule has 2 heterocycles. The number of aryl methyl sites for hydroxylation is 1. The van der Waals surface area contributed by atoms with Gasteiger partial charge in [-0.15, -0.1) is 10.2 Å². The molecule has 0 aliphatic heterocycles. The van der Waals surface area contributed by atoms with Crippen molar-refractivity contribution in [2.75, 3.05) is 18.2 Å². The number of hydrogen-bond donors (Lipinski definition) is 1. The Labute approximate surface area is 200 Å². The maximum atomic E-state index is 12.6. The second-order valence-corrected chi connectivity index (χ2v) is 8.54. The van der Waals surface area contributed by atoms with E-state index in [2.05, 4.69) is 20.6 Å². The number of hydrogen-bond acceptors (Lipinski definition) is 6. The van der Waals surface area contributed by atoms with Crippen molar-refractivity contribution in [3.8, 4) is 28.4 Å². The molecule has 4 rings (SSSR count). The first-order chi connectivity index (χ1) is 16.0. The SMILES string of the molecule is CCn1c(SCC(=O)Nc2cc(-c3ccc(Cl)cc3)nn2C)nnc1-c1ccc(OC)cc1. The standard InChI is InChI=1S/C23H23ClN6O2S/c1-4-30-22(16-7-11-18(32-3)12-8-16)26-27-23(30)33-14-21(31)25-20-13-19(28-29(20)2)15-5-9-17(24)10-6-15/h5-13H,4,14H2,1-3H3,(H,25,31). The van der Waals surface area contributed by atoms with Crippen molar-refractivity contribution < 1.29 is 9.53 Å². The average Bonchev–Trinajstić information content (AvgIpc) is 3.41. The second kappa shape index (κ2) is 10.1. The highest BCUT2D eigenvalue weighted by Gasteiger charge is 2.16. The number of nitrogens with one attached hydrogen (secondary N) is 1. The van der Waals surface area contributed by atoms with Crippen LogP contribution < -0.4 is 10.1 Å². The number of carbonyl (C=O) groups is 1. The van der Waals surface area contributed by atoms with Gasteiger partial charge in [0.25, 0.3) is 0 Å². The van der Waals surface area contributed by atoms with E-state index in [-0.39, 0.29) is 11.7 Å². The van der Waals surface area contributed by atoms with Crippen LogP contribution in [-0.2, 0) is 18.4 Å². The molecule has 10 heteroatoms. The van der Waals surface area contributed by atoms with E-state index >= 15 is 0 Å². The van der Waals surface area contributed by atoms with Gasteiger partial charge in [-0.25, -0.2) is 0 Å². The molecule has 0 saturated carbocycles. The summed E-state index contributed by atoms with van der Waals surface area (Å²) in [4.78, 5) is 12.6. The van der Waals surface area contributed by atoms with Crippen LogP contribution in [0.3, 0.4) is 0 Å². The zero-order chi connectivity index (χ0) is 23.4. The maximum absolute atomic E-state index is 12.6. The molecule has 1 amide bonds. The van der Waals surface area contributed by atoms with Gasteiger partial charge in [0.2, 0.25) is 5.91 Å². The Morgan fingerprint density at radius 2 is 1.79 bits per heavy atom. The smallest absolute Gasteiger partial charge is 0.235 e. The topological polar surface area (TPSA) is 86.9 Å². The van der Waals surface area contributed by atoms with Crippen LogP contribution in [0.25, 0.3) is 22.6 Å². The number of rotatable bonds is 8. The highest BCUT2D eigenvalue weighted by Crippen LogP contribution is 2.26. The number of halogens is 1. The first kappa shape index (κ1) is 22.9. The fourth-order valence-corrected chi connectivity index (χ4v) is 4.22. The van der Waals surface area contributed by atoms with Crippen molar-refractivity contribution in [1.82, 2.24) is 24.5 Å². The number of nitrogens with zero attached hydrogens (tertiary/aromatic N) is 5. The van der Waals surface area contributed by atoms with E-state index in [9.17, 15) is 4.79 Å². The molecule has 2 aromatic heterocycles. The lowest BCUT2D eigenvalue weighted by Gasteiger charge is -2.08. The number of aromatic nitrogens is 5. The molecule has 4 aromatic rings. The van der Waals surface area contributed by atoms with Gasteiger partial charge in [0.15, 0.2) is 11.0 Å². The quantitative estimate of drug-likeness (QED) is 0.364. The molecule has 1 N–H and O–H groups in total. The molecule has 2 aromatic carbocycles. The van der Waals surface area contributed by atoms with Gasteiger partial charge in [-0.2, -0.15) is 5.10 Å². The number of anilines is 1. The lowest BCUT2D eigenvalue weighted by atomic mass is 10.1. The van der Waals surface area contributed by atoms with Crippen molar-refractivity contribution in [3.63, 3.8) is 0 Å². The van der Waals surface area contributed by atoms with Crippen LogP contribution >= 0.6 is 23.4 Å². The number of amides is 1. The summed E-state index contributed by atoms with van der Waals surface area (Å²) in [5.74, 6) is 2.19. The Morgan fingerprint density at radius 3 is 2.45 bits per heavy atom. The molecule has 170 valence electrons. The fourth-order valence-electron chi connectivity index (χ4n) is 3.29. The third kappa shape index (κ3) is 5.20. The summed E-state index contributed by atoms with van der Waals surface area (Å²) in [7, 11) is 3.42. The Bertz CT molecular complexity index is 1250. The molecule has 0 atom stereocenters. The third-order valence-electron chi connectivity index (χ3n) is 5.00. The van der Waals surface area contributed by atoms with E-state index in [4.69, 9.17) is 16.3 Å². The van der Waals surface area contributed by atoms with Gasteiger partial charge < -0.3 is 14.6 Å². The van der Waals surface area contributed by atoms with Gasteiger partial charge in [0.05, 0.1) is 18.6 Å². The maximum Gasteiger partial charge on any atom is 0.235 e. The molecule has 33 heavy (non-hydrogen) atoms. The Balaban J connectivity index is 1.42. The Kier molecular flexibility index (Phi) is 7.00. The first-order valence-electron chi connectivity index (χ1n) is 10.3. The molecule has 0 radical (unpaired) electrons. The minimum atomic E-state index is -0.151. The summed E-state index contributed by atoms with van der Waals surface area (Å²) >= 11 is 7.30. The lowest BCUT2D eigenvalue weighted by molar-refractivity contribution is -0.113. The monoisotopic (exact) mass is 482 g/mol. The molecule has 8 nitrogen and oxygen atoms in total. The van der Waals surface area contributed by atoms with Gasteiger partial charge in [0, 0.05) is 35.8 Å². The summed E-state index contributed by atoms with van der Waals surface area (Å²) in [6.45, 7) is 2.71. The van der Waals surface area contributed by atoms with Crippen LogP contribution in [0.1, 0.15) is 6.92 Å². The number of carbonyl (C=O) groups excluding carboxylic acids is 1. The minimum Gasteiger partial charge on any atom is -0.497 e. The van der Waals surface area contributed by atoms with Crippen LogP contribution in [0.15, 0.2) is 59.8 Å². The molecule has 0 aliphatic carbocycles. The van der Waals surface area contributed by atoms with Gasteiger partial charge in [-0.1, -0.05) is 35.5 Å². The zero-order valence-corrected chi connectivity index (χ0v) is 20.0. The van der Waals surface area contributed by atoms with Crippen molar-refractivity contribution >= 4 is 35.1 Å². The van der Waals surface area contributed by atoms with E-state index in [1.807, 2.05) is 66.1 Å². The summed E-state index contributed by atoms with van der Waals surface area (Å²) in [6, 6.07) is 16.9. The second-order valence-electron chi connectivity index (χ2n) is 7.16. The Hall–Kier alpha value is -3.30. The average molecular weight is 483 g/mol. The molecular formula is C23H23ClN6O2S. The number of methoxy groups -OCH3 is 1. The predicted molar refractivity (Wildman–Crippen MR) is 131 cm³/mol. The van der Waals surface area contributed by atoms with E-state index in [0.717, 1.165) is 28.4 Å². The van der Waals surface area contributed by atoms with Crippen LogP contribution in [-0.4, -0.2) is 43.3 Å². The van der Waals surface area contributed by atoms with Gasteiger partial charge in [-0.3, -0.25) is 9.48 Å². The number of ether oxygens (including phenoxy) is 1. The van der Waals surface area contributed by atoms with Gasteiger partial charge >= 0.3 is 0 Å². The molecule has 0 spiro atoms. The zero-order valence-electron chi connectivity index (χ0n) is 18.4. The third-order valence-corrected chi connectivity index (χ3v) is 6.22. The molecule has 0 bridgehead atoms. The van der Waals surface area contributed by atoms with Crippen molar-refractivity contribution in [1.29, 1.82) is 0 Å². The summed E-state index contributed by atoms with van der Waals surface area (Å²) in [5, 5.41) is 17.4. The van der Waals surface area contributed by atoms with Crippen LogP contribution in [0.2, 0.25) is 5.02 Å². The normalized spacial score (nSPS) is 10.9. The first-order valence-corrected chi connectivity index (χ1v) is 11.6. The van der Waals surface area contributed by atoms with Crippen molar-refractivity contribution in [2.45, 2.75) is 18.6 Å². The summed E-state index contributed by atoms with van der Waals surface area (Å²) < 4.78 is 8.85. The predicted octanol–water partition coefficient (Wildman–Crippen LogP) is 4.76. The van der Waals surface area contributed by atoms with Crippen LogP contribution in [0, 0.1) is 0 Å². The fraction of sp³-hybridized carbons (Fsp3) is 0.217. The van der Waals surface area contributed by atoms with Gasteiger partial charge in [-0.05, 0) is 43.3 Å². The van der Waals surface area contributed by atoms with Crippen molar-refractivity contribution in [2.24, 2.45) is 7.05 Å². The Morgan fingerprint density at radius 1 is 1.09 bits per heavy atom. The molecule has 0 fully saturated rings. The van der Waals surface area contributed by atoms with Crippen molar-refractivity contribution in [3.05, 3.63) is 59.6 Å². The van der Waals surface area contributed by atoms with Crippen LogP contribution in [0.5, 0.6) is 5.75 Å². The van der Waals surface area contributed by atoms with E-state index in [1.165, 1.54) is 11.8 Å². The van der Waals surface area contributed by atoms with Crippen LogP contribution in [0.4, 0.5) is 5.82 Å². The summed E-state index contributed by atoms with van der Waals surface area (Å²) in [5.41, 5.74) is 2.62. The van der Waals surface area contributed by atoms with Gasteiger partial charge in [0.1, 0.15) is 11.6 Å². The number of benzene rings is 2. The lowest BCUT2D eigenvalue weighted by Crippen LogP contribution is -2.16. The van der Waals surface area contributed by atoms with E-state index < -0.39 is 0 Å². The van der Waals surface area contributed by atoms with E-state index in [1.54, 1.807) is 18.8 Å². The molecule has 0 saturated heterocycles. The minimum absolute atomic E-state index is 0.151. The highest BCUT2D eigenvalue weighted by atomic mass is 35.5. The number of thioether (sulfide) groups is 1. The highest BCUT2D eigenvalue weighted by molar-refractivity contribution is 7.99. The molecule has 0 unspecified atom stereocenters. The molecular weight excluding hydrogens is 460 g/mol. The molecule has 0 aliphatic rings.